The molecule has 0 heterocycles. The Hall–Kier alpha value is -0.380. The summed E-state index contributed by atoms with van der Waals surface area (Å²) in [6.45, 7) is 6.65. The summed E-state index contributed by atoms with van der Waals surface area (Å²) in [5, 5.41) is 19.2. The van der Waals surface area contributed by atoms with Crippen LogP contribution in [0.3, 0.4) is 0 Å². The van der Waals surface area contributed by atoms with Crippen LogP contribution < -0.4 is 0 Å². The number of ether oxygens (including phenoxy) is 1. The lowest BCUT2D eigenvalue weighted by Gasteiger charge is -2.31. The fraction of sp³-hybridized carbons (Fsp3) is 0.889. The van der Waals surface area contributed by atoms with Crippen molar-refractivity contribution in [2.24, 2.45) is 11.8 Å². The molecule has 0 aliphatic heterocycles. The van der Waals surface area contributed by atoms with Crippen molar-refractivity contribution >= 4 is 0 Å². The van der Waals surface area contributed by atoms with Gasteiger partial charge in [0.05, 0.1) is 6.10 Å². The SMILES string of the molecule is CC/C(C)=C\C(CC)C(O)OC1CCC(CCCO)CC1. The van der Waals surface area contributed by atoms with Gasteiger partial charge in [0.2, 0.25) is 0 Å². The molecule has 1 aliphatic carbocycles. The molecule has 124 valence electrons. The van der Waals surface area contributed by atoms with E-state index in [1.807, 2.05) is 0 Å². The van der Waals surface area contributed by atoms with Gasteiger partial charge >= 0.3 is 0 Å². The minimum absolute atomic E-state index is 0.108. The van der Waals surface area contributed by atoms with E-state index in [2.05, 4.69) is 26.8 Å². The Bertz CT molecular complexity index is 293. The van der Waals surface area contributed by atoms with Crippen molar-refractivity contribution in [2.45, 2.75) is 84.5 Å². The fourth-order valence-corrected chi connectivity index (χ4v) is 3.12. The van der Waals surface area contributed by atoms with Gasteiger partial charge in [-0.05, 0) is 64.2 Å². The van der Waals surface area contributed by atoms with Crippen molar-refractivity contribution in [1.29, 1.82) is 0 Å². The second-order valence-electron chi connectivity index (χ2n) is 6.47. The van der Waals surface area contributed by atoms with Gasteiger partial charge in [-0.25, -0.2) is 0 Å². The lowest BCUT2D eigenvalue weighted by molar-refractivity contribution is -0.166. The van der Waals surface area contributed by atoms with Crippen LogP contribution in [0.15, 0.2) is 11.6 Å². The van der Waals surface area contributed by atoms with Crippen LogP contribution in [0, 0.1) is 11.8 Å². The van der Waals surface area contributed by atoms with Crippen molar-refractivity contribution in [3.63, 3.8) is 0 Å². The van der Waals surface area contributed by atoms with Crippen LogP contribution in [0.5, 0.6) is 0 Å². The first kappa shape index (κ1) is 18.7. The highest BCUT2D eigenvalue weighted by Crippen LogP contribution is 2.30. The maximum Gasteiger partial charge on any atom is 0.161 e. The first-order valence-corrected chi connectivity index (χ1v) is 8.72. The standard InChI is InChI=1S/C18H34O3/c1-4-14(3)13-16(5-2)18(20)21-17-10-8-15(9-11-17)7-6-12-19/h13,15-20H,4-12H2,1-3H3/b14-13-. The molecule has 1 aliphatic rings. The topological polar surface area (TPSA) is 49.7 Å². The summed E-state index contributed by atoms with van der Waals surface area (Å²) < 4.78 is 5.90. The van der Waals surface area contributed by atoms with Crippen molar-refractivity contribution in [3.05, 3.63) is 11.6 Å². The van der Waals surface area contributed by atoms with Gasteiger partial charge in [0.25, 0.3) is 0 Å². The Balaban J connectivity index is 2.36. The van der Waals surface area contributed by atoms with E-state index in [-0.39, 0.29) is 12.0 Å². The maximum absolute atomic E-state index is 10.3. The molecule has 0 radical (unpaired) electrons. The first-order chi connectivity index (χ1) is 10.1. The zero-order valence-corrected chi connectivity index (χ0v) is 14.1. The zero-order chi connectivity index (χ0) is 15.7. The van der Waals surface area contributed by atoms with Crippen LogP contribution in [0.1, 0.15) is 72.1 Å². The molecular weight excluding hydrogens is 264 g/mol. The molecule has 0 aromatic carbocycles. The number of rotatable bonds is 9. The third-order valence-electron chi connectivity index (χ3n) is 4.79. The number of aliphatic hydroxyl groups is 2. The average Bonchev–Trinajstić information content (AvgIpc) is 2.51. The minimum Gasteiger partial charge on any atom is -0.396 e. The highest BCUT2D eigenvalue weighted by molar-refractivity contribution is 5.01. The third kappa shape index (κ3) is 6.94. The molecule has 2 N–H and O–H groups in total. The molecule has 2 atom stereocenters. The molecule has 0 saturated heterocycles. The number of hydrogen-bond donors (Lipinski definition) is 2. The minimum atomic E-state index is -0.671. The average molecular weight is 298 g/mol. The molecule has 0 aromatic heterocycles. The Labute approximate surface area is 130 Å². The van der Waals surface area contributed by atoms with Crippen molar-refractivity contribution in [3.8, 4) is 0 Å². The van der Waals surface area contributed by atoms with Crippen LogP contribution in [-0.4, -0.2) is 29.2 Å². The van der Waals surface area contributed by atoms with Gasteiger partial charge in [-0.1, -0.05) is 25.5 Å². The van der Waals surface area contributed by atoms with Gasteiger partial charge in [0, 0.05) is 12.5 Å². The summed E-state index contributed by atoms with van der Waals surface area (Å²) in [6, 6.07) is 0. The summed E-state index contributed by atoms with van der Waals surface area (Å²) in [7, 11) is 0. The van der Waals surface area contributed by atoms with Crippen LogP contribution in [-0.2, 0) is 4.74 Å². The number of aliphatic hydroxyl groups excluding tert-OH is 2. The van der Waals surface area contributed by atoms with E-state index in [0.29, 0.717) is 6.61 Å². The lowest BCUT2D eigenvalue weighted by atomic mass is 9.84. The second kappa shape index (κ2) is 10.4. The van der Waals surface area contributed by atoms with E-state index in [0.717, 1.165) is 57.3 Å². The van der Waals surface area contributed by atoms with Crippen molar-refractivity contribution in [2.75, 3.05) is 6.61 Å². The van der Waals surface area contributed by atoms with Crippen LogP contribution in [0.25, 0.3) is 0 Å². The van der Waals surface area contributed by atoms with E-state index in [1.165, 1.54) is 5.57 Å². The highest BCUT2D eigenvalue weighted by atomic mass is 16.6. The van der Waals surface area contributed by atoms with E-state index < -0.39 is 6.29 Å². The van der Waals surface area contributed by atoms with Crippen LogP contribution in [0.4, 0.5) is 0 Å². The molecule has 0 amide bonds. The quantitative estimate of drug-likeness (QED) is 0.499. The van der Waals surface area contributed by atoms with E-state index >= 15 is 0 Å². The van der Waals surface area contributed by atoms with Gasteiger partial charge < -0.3 is 14.9 Å². The Kier molecular flexibility index (Phi) is 9.21. The molecule has 0 spiro atoms. The second-order valence-corrected chi connectivity index (χ2v) is 6.47. The summed E-state index contributed by atoms with van der Waals surface area (Å²) in [5.74, 6) is 0.843. The molecule has 0 aromatic rings. The highest BCUT2D eigenvalue weighted by Gasteiger charge is 2.25. The fourth-order valence-electron chi connectivity index (χ4n) is 3.12. The summed E-state index contributed by atoms with van der Waals surface area (Å²) in [5.41, 5.74) is 1.32. The number of hydrogen-bond acceptors (Lipinski definition) is 3. The van der Waals surface area contributed by atoms with Gasteiger partial charge in [-0.15, -0.1) is 0 Å². The summed E-state index contributed by atoms with van der Waals surface area (Å²) in [4.78, 5) is 0. The Morgan fingerprint density at radius 3 is 2.43 bits per heavy atom. The monoisotopic (exact) mass is 298 g/mol. The van der Waals surface area contributed by atoms with Crippen LogP contribution in [0.2, 0.25) is 0 Å². The predicted octanol–water partition coefficient (Wildman–Crippen LogP) is 4.04. The Morgan fingerprint density at radius 2 is 1.90 bits per heavy atom. The summed E-state index contributed by atoms with van der Waals surface area (Å²) >= 11 is 0. The molecule has 2 unspecified atom stereocenters. The number of allylic oxidation sites excluding steroid dienone is 1. The molecule has 21 heavy (non-hydrogen) atoms. The molecule has 3 nitrogen and oxygen atoms in total. The van der Waals surface area contributed by atoms with Crippen molar-refractivity contribution < 1.29 is 14.9 Å². The molecule has 0 bridgehead atoms. The van der Waals surface area contributed by atoms with E-state index in [1.54, 1.807) is 0 Å². The van der Waals surface area contributed by atoms with Gasteiger partial charge in [-0.3, -0.25) is 0 Å². The molecule has 1 fully saturated rings. The summed E-state index contributed by atoms with van der Waals surface area (Å²) in [6.07, 6.45) is 10.1. The molecule has 3 heteroatoms. The molecular formula is C18H34O3. The largest absolute Gasteiger partial charge is 0.396 e. The maximum atomic E-state index is 10.3. The Morgan fingerprint density at radius 1 is 1.24 bits per heavy atom. The lowest BCUT2D eigenvalue weighted by Crippen LogP contribution is -2.31. The normalized spacial score (nSPS) is 26.6. The predicted molar refractivity (Wildman–Crippen MR) is 87.0 cm³/mol. The van der Waals surface area contributed by atoms with Crippen molar-refractivity contribution in [1.82, 2.24) is 0 Å². The smallest absolute Gasteiger partial charge is 0.161 e. The molecule has 1 rings (SSSR count). The van der Waals surface area contributed by atoms with Gasteiger partial charge in [0.15, 0.2) is 6.29 Å². The van der Waals surface area contributed by atoms with Gasteiger partial charge in [0.1, 0.15) is 0 Å². The first-order valence-electron chi connectivity index (χ1n) is 8.72. The van der Waals surface area contributed by atoms with E-state index in [4.69, 9.17) is 9.84 Å². The zero-order valence-electron chi connectivity index (χ0n) is 14.1. The van der Waals surface area contributed by atoms with Gasteiger partial charge in [-0.2, -0.15) is 0 Å². The third-order valence-corrected chi connectivity index (χ3v) is 4.79. The molecule has 1 saturated carbocycles. The van der Waals surface area contributed by atoms with E-state index in [9.17, 15) is 5.11 Å². The van der Waals surface area contributed by atoms with Crippen LogP contribution >= 0.6 is 0 Å².